The number of nitrogens with zero attached hydrogens (tertiary/aromatic N) is 3. The van der Waals surface area contributed by atoms with Gasteiger partial charge in [-0.1, -0.05) is 0 Å². The Balaban J connectivity index is 2.09. The third-order valence-electron chi connectivity index (χ3n) is 3.27. The van der Waals surface area contributed by atoms with Crippen molar-refractivity contribution in [2.75, 3.05) is 13.1 Å². The molecule has 0 spiro atoms. The summed E-state index contributed by atoms with van der Waals surface area (Å²) in [4.78, 5) is 9.07. The largest absolute Gasteiger partial charge is 0.451 e. The van der Waals surface area contributed by atoms with E-state index in [1.807, 2.05) is 0 Å². The number of piperidine rings is 1. The number of alkyl halides is 3. The molecule has 1 atom stereocenters. The molecule has 0 aliphatic carbocycles. The average Bonchev–Trinajstić information content (AvgIpc) is 2.30. The predicted molar refractivity (Wildman–Crippen MR) is 64.3 cm³/mol. The first-order chi connectivity index (χ1) is 8.86. The van der Waals surface area contributed by atoms with E-state index < -0.39 is 12.0 Å². The zero-order valence-corrected chi connectivity index (χ0v) is 10.7. The van der Waals surface area contributed by atoms with Gasteiger partial charge in [-0.3, -0.25) is 4.90 Å². The SMILES string of the molecule is Cc1nc(C(F)(F)F)ncc1CN1CCC[C@@H](N)C1. The molecule has 0 unspecified atom stereocenters. The van der Waals surface area contributed by atoms with Crippen molar-refractivity contribution in [2.45, 2.75) is 38.5 Å². The zero-order chi connectivity index (χ0) is 14.0. The minimum Gasteiger partial charge on any atom is -0.327 e. The van der Waals surface area contributed by atoms with Crippen molar-refractivity contribution in [3.05, 3.63) is 23.3 Å². The molecule has 1 aromatic rings. The molecule has 0 aromatic carbocycles. The Bertz CT molecular complexity index is 447. The van der Waals surface area contributed by atoms with E-state index in [0.717, 1.165) is 31.5 Å². The van der Waals surface area contributed by atoms with Gasteiger partial charge < -0.3 is 5.73 Å². The summed E-state index contributed by atoms with van der Waals surface area (Å²) in [5.74, 6) is -1.08. The fourth-order valence-corrected chi connectivity index (χ4v) is 2.26. The van der Waals surface area contributed by atoms with E-state index in [0.29, 0.717) is 12.2 Å². The van der Waals surface area contributed by atoms with Gasteiger partial charge in [0.15, 0.2) is 0 Å². The normalized spacial score (nSPS) is 21.6. The number of aryl methyl sites for hydroxylation is 1. The van der Waals surface area contributed by atoms with Crippen molar-refractivity contribution < 1.29 is 13.2 Å². The third kappa shape index (κ3) is 3.63. The number of aromatic nitrogens is 2. The molecule has 1 fully saturated rings. The van der Waals surface area contributed by atoms with Gasteiger partial charge in [-0.15, -0.1) is 0 Å². The van der Waals surface area contributed by atoms with Gasteiger partial charge >= 0.3 is 6.18 Å². The Morgan fingerprint density at radius 2 is 2.21 bits per heavy atom. The molecule has 0 bridgehead atoms. The number of halogens is 3. The second-order valence-corrected chi connectivity index (χ2v) is 4.94. The van der Waals surface area contributed by atoms with Crippen LogP contribution in [0.15, 0.2) is 6.20 Å². The van der Waals surface area contributed by atoms with Crippen LogP contribution in [0.25, 0.3) is 0 Å². The standard InChI is InChI=1S/C12H17F3N4/c1-8-9(5-17-11(18-8)12(13,14)15)6-19-4-2-3-10(16)7-19/h5,10H,2-4,6-7,16H2,1H3/t10-/m1/s1. The monoisotopic (exact) mass is 274 g/mol. The highest BCUT2D eigenvalue weighted by atomic mass is 19.4. The Kier molecular flexibility index (Phi) is 4.05. The van der Waals surface area contributed by atoms with Gasteiger partial charge in [0.1, 0.15) is 0 Å². The van der Waals surface area contributed by atoms with Crippen molar-refractivity contribution in [3.8, 4) is 0 Å². The van der Waals surface area contributed by atoms with E-state index in [2.05, 4.69) is 14.9 Å². The second kappa shape index (κ2) is 5.42. The topological polar surface area (TPSA) is 55.0 Å². The molecule has 1 aliphatic rings. The van der Waals surface area contributed by atoms with Gasteiger partial charge in [-0.2, -0.15) is 13.2 Å². The van der Waals surface area contributed by atoms with E-state index in [9.17, 15) is 13.2 Å². The second-order valence-electron chi connectivity index (χ2n) is 4.94. The van der Waals surface area contributed by atoms with Gasteiger partial charge in [-0.25, -0.2) is 9.97 Å². The molecule has 0 saturated carbocycles. The van der Waals surface area contributed by atoms with E-state index in [1.54, 1.807) is 6.92 Å². The molecule has 0 amide bonds. The molecular weight excluding hydrogens is 257 g/mol. The number of hydrogen-bond acceptors (Lipinski definition) is 4. The molecule has 1 aromatic heterocycles. The van der Waals surface area contributed by atoms with Crippen molar-refractivity contribution in [1.29, 1.82) is 0 Å². The van der Waals surface area contributed by atoms with Crippen molar-refractivity contribution in [1.82, 2.24) is 14.9 Å². The summed E-state index contributed by atoms with van der Waals surface area (Å²) in [5, 5.41) is 0. The minimum atomic E-state index is -4.49. The van der Waals surface area contributed by atoms with Crippen molar-refractivity contribution in [2.24, 2.45) is 5.73 Å². The maximum absolute atomic E-state index is 12.5. The summed E-state index contributed by atoms with van der Waals surface area (Å²) < 4.78 is 37.4. The highest BCUT2D eigenvalue weighted by Crippen LogP contribution is 2.26. The van der Waals surface area contributed by atoms with Crippen LogP contribution in [0.3, 0.4) is 0 Å². The summed E-state index contributed by atoms with van der Waals surface area (Å²) in [6, 6.07) is 0.143. The van der Waals surface area contributed by atoms with Crippen molar-refractivity contribution >= 4 is 0 Å². The van der Waals surface area contributed by atoms with Gasteiger partial charge in [0.05, 0.1) is 0 Å². The molecule has 2 N–H and O–H groups in total. The van der Waals surface area contributed by atoms with Crippen LogP contribution < -0.4 is 5.73 Å². The smallest absolute Gasteiger partial charge is 0.327 e. The lowest BCUT2D eigenvalue weighted by Gasteiger charge is -2.30. The third-order valence-corrected chi connectivity index (χ3v) is 3.27. The van der Waals surface area contributed by atoms with Crippen LogP contribution in [0.5, 0.6) is 0 Å². The Hall–Kier alpha value is -1.21. The lowest BCUT2D eigenvalue weighted by molar-refractivity contribution is -0.145. The number of likely N-dealkylation sites (tertiary alicyclic amines) is 1. The molecule has 7 heteroatoms. The maximum atomic E-state index is 12.5. The molecular formula is C12H17F3N4. The fourth-order valence-electron chi connectivity index (χ4n) is 2.26. The van der Waals surface area contributed by atoms with E-state index in [4.69, 9.17) is 5.73 Å². The Morgan fingerprint density at radius 1 is 1.47 bits per heavy atom. The first kappa shape index (κ1) is 14.2. The molecule has 19 heavy (non-hydrogen) atoms. The predicted octanol–water partition coefficient (Wildman–Crippen LogP) is 1.73. The number of rotatable bonds is 2. The minimum absolute atomic E-state index is 0.143. The van der Waals surface area contributed by atoms with Gasteiger partial charge in [-0.05, 0) is 26.3 Å². The molecule has 2 heterocycles. The molecule has 4 nitrogen and oxygen atoms in total. The van der Waals surface area contributed by atoms with E-state index in [-0.39, 0.29) is 6.04 Å². The van der Waals surface area contributed by atoms with Crippen LogP contribution in [-0.2, 0) is 12.7 Å². The summed E-state index contributed by atoms with van der Waals surface area (Å²) >= 11 is 0. The Labute approximate surface area is 109 Å². The fraction of sp³-hybridized carbons (Fsp3) is 0.667. The van der Waals surface area contributed by atoms with Gasteiger partial charge in [0.2, 0.25) is 5.82 Å². The van der Waals surface area contributed by atoms with Gasteiger partial charge in [0.25, 0.3) is 0 Å². The van der Waals surface area contributed by atoms with Crippen LogP contribution in [0.2, 0.25) is 0 Å². The van der Waals surface area contributed by atoms with Gasteiger partial charge in [0, 0.05) is 36.6 Å². The van der Waals surface area contributed by atoms with Crippen molar-refractivity contribution in [3.63, 3.8) is 0 Å². The zero-order valence-electron chi connectivity index (χ0n) is 10.7. The quantitative estimate of drug-likeness (QED) is 0.892. The van der Waals surface area contributed by atoms with E-state index in [1.165, 1.54) is 6.20 Å². The highest BCUT2D eigenvalue weighted by molar-refractivity contribution is 5.17. The summed E-state index contributed by atoms with van der Waals surface area (Å²) in [6.45, 7) is 3.81. The van der Waals surface area contributed by atoms with E-state index >= 15 is 0 Å². The number of hydrogen-bond donors (Lipinski definition) is 1. The lowest BCUT2D eigenvalue weighted by atomic mass is 10.1. The summed E-state index contributed by atoms with van der Waals surface area (Å²) in [5.41, 5.74) is 6.98. The summed E-state index contributed by atoms with van der Waals surface area (Å²) in [6.07, 6.45) is -1.21. The lowest BCUT2D eigenvalue weighted by Crippen LogP contribution is -2.42. The van der Waals surface area contributed by atoms with Crippen LogP contribution in [0, 0.1) is 6.92 Å². The molecule has 1 aliphatic heterocycles. The molecule has 106 valence electrons. The molecule has 1 saturated heterocycles. The molecule has 2 rings (SSSR count). The summed E-state index contributed by atoms with van der Waals surface area (Å²) in [7, 11) is 0. The maximum Gasteiger partial charge on any atom is 0.451 e. The van der Waals surface area contributed by atoms with Crippen LogP contribution >= 0.6 is 0 Å². The van der Waals surface area contributed by atoms with Crippen LogP contribution in [0.4, 0.5) is 13.2 Å². The first-order valence-electron chi connectivity index (χ1n) is 6.24. The molecule has 0 radical (unpaired) electrons. The number of nitrogens with two attached hydrogens (primary N) is 1. The first-order valence-corrected chi connectivity index (χ1v) is 6.24. The van der Waals surface area contributed by atoms with Crippen LogP contribution in [-0.4, -0.2) is 34.0 Å². The average molecular weight is 274 g/mol. The Morgan fingerprint density at radius 3 is 2.79 bits per heavy atom. The van der Waals surface area contributed by atoms with Crippen LogP contribution in [0.1, 0.15) is 29.9 Å². The highest BCUT2D eigenvalue weighted by Gasteiger charge is 2.34.